The van der Waals surface area contributed by atoms with Gasteiger partial charge in [-0.2, -0.15) is 0 Å². The Bertz CT molecular complexity index is 670. The highest BCUT2D eigenvalue weighted by atomic mass is 35.5. The van der Waals surface area contributed by atoms with Crippen molar-refractivity contribution in [3.63, 3.8) is 0 Å². The Balaban J connectivity index is 2.07. The van der Waals surface area contributed by atoms with Crippen LogP contribution < -0.4 is 4.90 Å². The number of aliphatic hydroxyl groups is 1. The first-order valence-electron chi connectivity index (χ1n) is 7.45. The van der Waals surface area contributed by atoms with Gasteiger partial charge < -0.3 is 10.0 Å². The lowest BCUT2D eigenvalue weighted by atomic mass is 10.00. The average molecular weight is 320 g/mol. The summed E-state index contributed by atoms with van der Waals surface area (Å²) in [6.07, 6.45) is 0.917. The fraction of sp³-hybridized carbons (Fsp3) is 0.500. The third kappa shape index (κ3) is 1.98. The van der Waals surface area contributed by atoms with Crippen molar-refractivity contribution in [3.8, 4) is 0 Å². The van der Waals surface area contributed by atoms with Gasteiger partial charge in [-0.25, -0.2) is 9.64 Å². The minimum absolute atomic E-state index is 0.0708. The van der Waals surface area contributed by atoms with E-state index in [0.717, 1.165) is 17.7 Å². The first kappa shape index (κ1) is 15.1. The molecule has 0 aliphatic carbocycles. The molecule has 0 saturated carbocycles. The van der Waals surface area contributed by atoms with Crippen LogP contribution in [0, 0.1) is 13.5 Å². The van der Waals surface area contributed by atoms with Crippen molar-refractivity contribution in [2.45, 2.75) is 44.9 Å². The van der Waals surface area contributed by atoms with Crippen LogP contribution in [-0.4, -0.2) is 40.8 Å². The van der Waals surface area contributed by atoms with Crippen molar-refractivity contribution in [2.75, 3.05) is 11.4 Å². The average Bonchev–Trinajstić information content (AvgIpc) is 3.01. The molecule has 2 aliphatic rings. The van der Waals surface area contributed by atoms with Gasteiger partial charge in [-0.1, -0.05) is 24.6 Å². The number of carbonyl (C=O) groups excluding carboxylic acids is 1. The number of carbonyl (C=O) groups is 1. The monoisotopic (exact) mass is 319 g/mol. The summed E-state index contributed by atoms with van der Waals surface area (Å²) in [5.41, 5.74) is 1.86. The maximum absolute atomic E-state index is 12.8. The van der Waals surface area contributed by atoms with Crippen molar-refractivity contribution in [3.05, 3.63) is 34.1 Å². The number of rotatable bonds is 2. The van der Waals surface area contributed by atoms with Gasteiger partial charge in [-0.05, 0) is 31.4 Å². The van der Waals surface area contributed by atoms with Gasteiger partial charge in [0.25, 0.3) is 0 Å². The molecule has 1 aromatic rings. The van der Waals surface area contributed by atoms with E-state index >= 15 is 0 Å². The molecular formula is C16H18ClN3O2. The highest BCUT2D eigenvalue weighted by Gasteiger charge is 2.52. The Hall–Kier alpha value is -1.77. The molecule has 2 aliphatic heterocycles. The van der Waals surface area contributed by atoms with Crippen LogP contribution in [-0.2, 0) is 0 Å². The van der Waals surface area contributed by atoms with E-state index in [9.17, 15) is 9.90 Å². The first-order valence-corrected chi connectivity index (χ1v) is 7.83. The quantitative estimate of drug-likeness (QED) is 0.850. The Morgan fingerprint density at radius 1 is 1.50 bits per heavy atom. The molecule has 22 heavy (non-hydrogen) atoms. The molecule has 2 fully saturated rings. The zero-order valence-electron chi connectivity index (χ0n) is 12.6. The number of anilines is 1. The van der Waals surface area contributed by atoms with E-state index in [-0.39, 0.29) is 18.1 Å². The number of fused-ring (bicyclic) bond motifs is 1. The number of amides is 2. The lowest BCUT2D eigenvalue weighted by Gasteiger charge is -2.28. The Kier molecular flexibility index (Phi) is 3.75. The van der Waals surface area contributed by atoms with E-state index in [1.807, 2.05) is 13.8 Å². The Morgan fingerprint density at radius 2 is 2.23 bits per heavy atom. The SMILES string of the molecule is [C-]#[N+]c1ccc(N2C(=O)N3CC[C@H](O)[C@H]3[C@@H]2CC)c(C)c1Cl. The van der Waals surface area contributed by atoms with E-state index < -0.39 is 6.10 Å². The predicted octanol–water partition coefficient (Wildman–Crippen LogP) is 3.35. The molecule has 1 aromatic carbocycles. The Morgan fingerprint density at radius 3 is 2.86 bits per heavy atom. The third-order valence-corrected chi connectivity index (χ3v) is 5.21. The predicted molar refractivity (Wildman–Crippen MR) is 85.5 cm³/mol. The van der Waals surface area contributed by atoms with Gasteiger partial charge in [0.2, 0.25) is 5.69 Å². The van der Waals surface area contributed by atoms with Crippen molar-refractivity contribution in [2.24, 2.45) is 0 Å². The van der Waals surface area contributed by atoms with E-state index in [1.165, 1.54) is 0 Å². The number of hydrogen-bond donors (Lipinski definition) is 1. The van der Waals surface area contributed by atoms with Gasteiger partial charge in [0.05, 0.1) is 29.8 Å². The van der Waals surface area contributed by atoms with Crippen LogP contribution in [0.4, 0.5) is 16.2 Å². The molecule has 0 unspecified atom stereocenters. The molecule has 2 amide bonds. The smallest absolute Gasteiger partial charge is 0.325 e. The molecule has 3 rings (SSSR count). The zero-order valence-corrected chi connectivity index (χ0v) is 13.3. The number of benzene rings is 1. The fourth-order valence-corrected chi connectivity index (χ4v) is 3.83. The molecular weight excluding hydrogens is 302 g/mol. The summed E-state index contributed by atoms with van der Waals surface area (Å²) in [5, 5.41) is 10.6. The topological polar surface area (TPSA) is 48.1 Å². The molecule has 3 atom stereocenters. The summed E-state index contributed by atoms with van der Waals surface area (Å²) in [4.78, 5) is 19.6. The van der Waals surface area contributed by atoms with Crippen LogP contribution in [0.5, 0.6) is 0 Å². The molecule has 116 valence electrons. The number of nitrogens with zero attached hydrogens (tertiary/aromatic N) is 3. The summed E-state index contributed by atoms with van der Waals surface area (Å²) in [7, 11) is 0. The second-order valence-electron chi connectivity index (χ2n) is 5.82. The fourth-order valence-electron chi connectivity index (χ4n) is 3.63. The largest absolute Gasteiger partial charge is 0.391 e. The first-order chi connectivity index (χ1) is 10.5. The number of halogens is 1. The standard InChI is InChI=1S/C16H18ClN3O2/c1-4-11-15-13(21)7-8-19(15)16(22)20(11)12-6-5-10(18-3)14(17)9(12)2/h5-6,11,13,15,21H,4,7-8H2,1-2H3/t11-,13-,15+/m0/s1. The summed E-state index contributed by atoms with van der Waals surface area (Å²) in [6, 6.07) is 3.12. The van der Waals surface area contributed by atoms with Crippen LogP contribution in [0.1, 0.15) is 25.3 Å². The minimum atomic E-state index is -0.475. The zero-order chi connectivity index (χ0) is 16.0. The molecule has 6 heteroatoms. The number of hydrogen-bond acceptors (Lipinski definition) is 2. The summed E-state index contributed by atoms with van der Waals surface area (Å²) in [6.45, 7) is 11.6. The number of urea groups is 1. The van der Waals surface area contributed by atoms with E-state index in [1.54, 1.807) is 21.9 Å². The normalized spacial score (nSPS) is 27.2. The highest BCUT2D eigenvalue weighted by molar-refractivity contribution is 6.34. The van der Waals surface area contributed by atoms with Crippen molar-refractivity contribution in [1.29, 1.82) is 0 Å². The summed E-state index contributed by atoms with van der Waals surface area (Å²) >= 11 is 6.25. The van der Waals surface area contributed by atoms with Crippen molar-refractivity contribution < 1.29 is 9.90 Å². The van der Waals surface area contributed by atoms with Gasteiger partial charge >= 0.3 is 6.03 Å². The maximum Gasteiger partial charge on any atom is 0.325 e. The molecule has 5 nitrogen and oxygen atoms in total. The van der Waals surface area contributed by atoms with Crippen LogP contribution >= 0.6 is 11.6 Å². The second-order valence-corrected chi connectivity index (χ2v) is 6.20. The van der Waals surface area contributed by atoms with Crippen LogP contribution in [0.25, 0.3) is 4.85 Å². The lowest BCUT2D eigenvalue weighted by Crippen LogP contribution is -2.41. The molecule has 2 saturated heterocycles. The van der Waals surface area contributed by atoms with Gasteiger partial charge in [0, 0.05) is 12.2 Å². The summed E-state index contributed by atoms with van der Waals surface area (Å²) < 4.78 is 0. The van der Waals surface area contributed by atoms with Gasteiger partial charge in [0.1, 0.15) is 0 Å². The van der Waals surface area contributed by atoms with E-state index in [0.29, 0.717) is 23.7 Å². The van der Waals surface area contributed by atoms with Crippen LogP contribution in [0.3, 0.4) is 0 Å². The third-order valence-electron chi connectivity index (χ3n) is 4.73. The van der Waals surface area contributed by atoms with Crippen LogP contribution in [0.15, 0.2) is 12.1 Å². The van der Waals surface area contributed by atoms with Gasteiger partial charge in [0.15, 0.2) is 0 Å². The minimum Gasteiger partial charge on any atom is -0.391 e. The number of aliphatic hydroxyl groups excluding tert-OH is 1. The maximum atomic E-state index is 12.8. The summed E-state index contributed by atoms with van der Waals surface area (Å²) in [5.74, 6) is 0. The molecule has 1 N–H and O–H groups in total. The lowest BCUT2D eigenvalue weighted by molar-refractivity contribution is 0.129. The van der Waals surface area contributed by atoms with E-state index in [4.69, 9.17) is 18.2 Å². The Labute approximate surface area is 134 Å². The van der Waals surface area contributed by atoms with Gasteiger partial charge in [-0.3, -0.25) is 4.90 Å². The molecule has 0 aromatic heterocycles. The van der Waals surface area contributed by atoms with Crippen molar-refractivity contribution >= 4 is 29.0 Å². The van der Waals surface area contributed by atoms with Crippen LogP contribution in [0.2, 0.25) is 5.02 Å². The van der Waals surface area contributed by atoms with Crippen molar-refractivity contribution in [1.82, 2.24) is 4.90 Å². The highest BCUT2D eigenvalue weighted by Crippen LogP contribution is 2.41. The molecule has 0 spiro atoms. The van der Waals surface area contributed by atoms with Gasteiger partial charge in [-0.15, -0.1) is 0 Å². The van der Waals surface area contributed by atoms with E-state index in [2.05, 4.69) is 4.85 Å². The second kappa shape index (κ2) is 5.45. The molecule has 0 bridgehead atoms. The molecule has 2 heterocycles. The molecule has 0 radical (unpaired) electrons.